The summed E-state index contributed by atoms with van der Waals surface area (Å²) in [5.74, 6) is 1.22. The fourth-order valence-electron chi connectivity index (χ4n) is 5.53. The van der Waals surface area contributed by atoms with Gasteiger partial charge in [0, 0.05) is 62.6 Å². The third kappa shape index (κ3) is 5.08. The van der Waals surface area contributed by atoms with Gasteiger partial charge < -0.3 is 15.0 Å². The number of halogens is 1. The zero-order valence-electron chi connectivity index (χ0n) is 21.3. The molecule has 38 heavy (non-hydrogen) atoms. The van der Waals surface area contributed by atoms with Crippen LogP contribution in [0, 0.1) is 0 Å². The summed E-state index contributed by atoms with van der Waals surface area (Å²) in [5.41, 5.74) is 3.51. The average molecular weight is 538 g/mol. The SMILES string of the molecule is O=C(O)N1CCN(CCCN2CCN(c3cccc(-c4cnc5[nH]cc(C6CC6)c5c4Cl)n3)C(=O)C2)CC1. The Morgan fingerprint density at radius 1 is 1.08 bits per heavy atom. The zero-order chi connectivity index (χ0) is 26.2. The van der Waals surface area contributed by atoms with E-state index in [1.807, 2.05) is 24.4 Å². The molecule has 1 saturated carbocycles. The molecule has 6 rings (SSSR count). The van der Waals surface area contributed by atoms with Gasteiger partial charge in [0.05, 0.1) is 17.3 Å². The molecule has 0 unspecified atom stereocenters. The van der Waals surface area contributed by atoms with Crippen LogP contribution >= 0.6 is 11.6 Å². The van der Waals surface area contributed by atoms with Crippen LogP contribution in [0.25, 0.3) is 22.3 Å². The molecule has 2 N–H and O–H groups in total. The van der Waals surface area contributed by atoms with Crippen LogP contribution in [0.5, 0.6) is 0 Å². The van der Waals surface area contributed by atoms with Gasteiger partial charge in [0.15, 0.2) is 0 Å². The Morgan fingerprint density at radius 3 is 2.58 bits per heavy atom. The summed E-state index contributed by atoms with van der Waals surface area (Å²) in [6.45, 7) is 6.12. The standard InChI is InChI=1S/C27H32ClN7O3/c28-25-20(16-30-26-24(25)19(15-29-26)18-5-6-18)21-3-1-4-22(31-21)35-14-11-33(17-23(35)36)8-2-7-32-9-12-34(13-10-32)27(37)38/h1,3-4,15-16,18H,2,5-14,17H2,(H,29,30)(H,37,38). The van der Waals surface area contributed by atoms with Crippen LogP contribution in [0.4, 0.5) is 10.6 Å². The monoisotopic (exact) mass is 537 g/mol. The molecule has 1 aliphatic carbocycles. The number of pyridine rings is 2. The number of fused-ring (bicyclic) bond motifs is 1. The quantitative estimate of drug-likeness (QED) is 0.475. The number of nitrogens with zero attached hydrogens (tertiary/aromatic N) is 6. The second kappa shape index (κ2) is 10.5. The van der Waals surface area contributed by atoms with Gasteiger partial charge in [0.1, 0.15) is 11.5 Å². The molecule has 3 fully saturated rings. The van der Waals surface area contributed by atoms with E-state index < -0.39 is 6.09 Å². The number of carbonyl (C=O) groups excluding carboxylic acids is 1. The highest BCUT2D eigenvalue weighted by molar-refractivity contribution is 6.38. The molecular weight excluding hydrogens is 506 g/mol. The normalized spacial score (nSPS) is 19.4. The Hall–Kier alpha value is -3.21. The van der Waals surface area contributed by atoms with Gasteiger partial charge >= 0.3 is 6.09 Å². The number of aromatic nitrogens is 3. The third-order valence-electron chi connectivity index (χ3n) is 7.86. The number of nitrogens with one attached hydrogen (secondary N) is 1. The molecular formula is C27H32ClN7O3. The number of aromatic amines is 1. The van der Waals surface area contributed by atoms with Gasteiger partial charge in [-0.2, -0.15) is 0 Å². The Morgan fingerprint density at radius 2 is 1.84 bits per heavy atom. The van der Waals surface area contributed by atoms with E-state index >= 15 is 0 Å². The summed E-state index contributed by atoms with van der Waals surface area (Å²) in [6, 6.07) is 5.71. The molecule has 3 aromatic rings. The van der Waals surface area contributed by atoms with Crippen LogP contribution in [-0.2, 0) is 4.79 Å². The van der Waals surface area contributed by atoms with Crippen molar-refractivity contribution >= 4 is 40.5 Å². The number of hydrogen-bond donors (Lipinski definition) is 2. The van der Waals surface area contributed by atoms with Crippen molar-refractivity contribution in [1.29, 1.82) is 0 Å². The third-order valence-corrected chi connectivity index (χ3v) is 8.26. The number of piperazine rings is 2. The molecule has 2 amide bonds. The number of amides is 2. The van der Waals surface area contributed by atoms with E-state index in [1.165, 1.54) is 23.3 Å². The fraction of sp³-hybridized carbons (Fsp3) is 0.481. The summed E-state index contributed by atoms with van der Waals surface area (Å²) in [6.07, 6.45) is 6.24. The minimum Gasteiger partial charge on any atom is -0.465 e. The second-order valence-electron chi connectivity index (χ2n) is 10.4. The Labute approximate surface area is 226 Å². The van der Waals surface area contributed by atoms with E-state index in [-0.39, 0.29) is 5.91 Å². The molecule has 5 heterocycles. The van der Waals surface area contributed by atoms with Gasteiger partial charge in [0.25, 0.3) is 0 Å². The average Bonchev–Trinajstić information content (AvgIpc) is 3.67. The van der Waals surface area contributed by atoms with Crippen molar-refractivity contribution in [2.24, 2.45) is 0 Å². The molecule has 0 atom stereocenters. The van der Waals surface area contributed by atoms with Crippen LogP contribution in [0.2, 0.25) is 5.02 Å². The van der Waals surface area contributed by atoms with Gasteiger partial charge in [0.2, 0.25) is 5.91 Å². The predicted molar refractivity (Wildman–Crippen MR) is 146 cm³/mol. The van der Waals surface area contributed by atoms with Crippen molar-refractivity contribution in [2.45, 2.75) is 25.2 Å². The lowest BCUT2D eigenvalue weighted by molar-refractivity contribution is -0.121. The Balaban J connectivity index is 1.07. The molecule has 3 aromatic heterocycles. The largest absolute Gasteiger partial charge is 0.465 e. The van der Waals surface area contributed by atoms with Gasteiger partial charge in [-0.1, -0.05) is 17.7 Å². The lowest BCUT2D eigenvalue weighted by Crippen LogP contribution is -2.51. The Kier molecular flexibility index (Phi) is 6.94. The van der Waals surface area contributed by atoms with E-state index in [9.17, 15) is 9.59 Å². The minimum atomic E-state index is -0.842. The maximum absolute atomic E-state index is 13.1. The number of hydrogen-bond acceptors (Lipinski definition) is 6. The molecule has 2 saturated heterocycles. The van der Waals surface area contributed by atoms with Crippen LogP contribution in [0.15, 0.2) is 30.6 Å². The number of H-pyrrole nitrogens is 1. The molecule has 10 nitrogen and oxygen atoms in total. The van der Waals surface area contributed by atoms with Crippen molar-refractivity contribution in [3.63, 3.8) is 0 Å². The molecule has 200 valence electrons. The summed E-state index contributed by atoms with van der Waals surface area (Å²) in [5, 5.41) is 10.7. The lowest BCUT2D eigenvalue weighted by atomic mass is 10.1. The molecule has 11 heteroatoms. The van der Waals surface area contributed by atoms with Crippen molar-refractivity contribution in [3.8, 4) is 11.3 Å². The summed E-state index contributed by atoms with van der Waals surface area (Å²) < 4.78 is 0. The number of carbonyl (C=O) groups is 2. The Bertz CT molecular complexity index is 1350. The zero-order valence-corrected chi connectivity index (χ0v) is 22.0. The van der Waals surface area contributed by atoms with E-state index in [0.717, 1.165) is 55.7 Å². The summed E-state index contributed by atoms with van der Waals surface area (Å²) in [7, 11) is 0. The first kappa shape index (κ1) is 25.1. The number of anilines is 1. The lowest BCUT2D eigenvalue weighted by Gasteiger charge is -2.35. The molecule has 3 aliphatic rings. The van der Waals surface area contributed by atoms with E-state index in [0.29, 0.717) is 48.6 Å². The van der Waals surface area contributed by atoms with Crippen molar-refractivity contribution < 1.29 is 14.7 Å². The molecule has 0 aromatic carbocycles. The van der Waals surface area contributed by atoms with Crippen molar-refractivity contribution in [2.75, 3.05) is 63.8 Å². The minimum absolute atomic E-state index is 0.0392. The van der Waals surface area contributed by atoms with Crippen LogP contribution in [0.1, 0.15) is 30.7 Å². The number of rotatable bonds is 7. The van der Waals surface area contributed by atoms with Crippen LogP contribution in [0.3, 0.4) is 0 Å². The maximum atomic E-state index is 13.1. The summed E-state index contributed by atoms with van der Waals surface area (Å²) in [4.78, 5) is 44.5. The molecule has 0 radical (unpaired) electrons. The van der Waals surface area contributed by atoms with Gasteiger partial charge in [-0.15, -0.1) is 0 Å². The maximum Gasteiger partial charge on any atom is 0.407 e. The van der Waals surface area contributed by atoms with E-state index in [2.05, 4.69) is 19.8 Å². The first-order chi connectivity index (χ1) is 18.5. The topological polar surface area (TPSA) is 109 Å². The molecule has 0 bridgehead atoms. The highest BCUT2D eigenvalue weighted by Crippen LogP contribution is 2.46. The second-order valence-corrected chi connectivity index (χ2v) is 10.8. The van der Waals surface area contributed by atoms with Crippen LogP contribution < -0.4 is 4.90 Å². The smallest absolute Gasteiger partial charge is 0.407 e. The first-order valence-corrected chi connectivity index (χ1v) is 13.7. The highest BCUT2D eigenvalue weighted by Gasteiger charge is 2.29. The summed E-state index contributed by atoms with van der Waals surface area (Å²) >= 11 is 6.89. The van der Waals surface area contributed by atoms with E-state index in [4.69, 9.17) is 21.7 Å². The van der Waals surface area contributed by atoms with Crippen molar-refractivity contribution in [1.82, 2.24) is 29.7 Å². The van der Waals surface area contributed by atoms with Crippen molar-refractivity contribution in [3.05, 3.63) is 41.2 Å². The predicted octanol–water partition coefficient (Wildman–Crippen LogP) is 3.49. The fourth-order valence-corrected chi connectivity index (χ4v) is 5.88. The van der Waals surface area contributed by atoms with Gasteiger partial charge in [-0.05, 0) is 56.0 Å². The van der Waals surface area contributed by atoms with Gasteiger partial charge in [-0.25, -0.2) is 14.8 Å². The molecule has 0 spiro atoms. The first-order valence-electron chi connectivity index (χ1n) is 13.3. The van der Waals surface area contributed by atoms with Crippen LogP contribution in [-0.4, -0.2) is 106 Å². The highest BCUT2D eigenvalue weighted by atomic mass is 35.5. The van der Waals surface area contributed by atoms with E-state index in [1.54, 1.807) is 11.1 Å². The number of carboxylic acid groups (broad SMARTS) is 1. The van der Waals surface area contributed by atoms with Gasteiger partial charge in [-0.3, -0.25) is 19.5 Å². The molecule has 2 aliphatic heterocycles.